The zero-order valence-electron chi connectivity index (χ0n) is 16.4. The number of para-hydroxylation sites is 1. The van der Waals surface area contributed by atoms with Crippen LogP contribution in [0.1, 0.15) is 39.7 Å². The van der Waals surface area contributed by atoms with E-state index in [1.54, 1.807) is 4.90 Å². The van der Waals surface area contributed by atoms with Crippen LogP contribution in [0.5, 0.6) is 5.75 Å². The van der Waals surface area contributed by atoms with Crippen molar-refractivity contribution in [2.24, 2.45) is 0 Å². The minimum atomic E-state index is -0.931. The maximum Gasteiger partial charge on any atom is 0.349 e. The Hall–Kier alpha value is -3.12. The first-order valence-corrected chi connectivity index (χ1v) is 10.9. The van der Waals surface area contributed by atoms with Crippen molar-refractivity contribution in [3.05, 3.63) is 76.7 Å². The molecule has 1 saturated heterocycles. The standard InChI is InChI=1S/C24H21NO4S/c26-23(25-12-6-7-13-25)21(16-8-2-1-3-9-16)29-24(27)20-14-17-15-28-19-11-5-4-10-18(19)22(17)30-20/h1-5,8-11,14,21H,6-7,12-13,15H2/t21-/m0/s1. The van der Waals surface area contributed by atoms with E-state index in [0.717, 1.165) is 34.6 Å². The van der Waals surface area contributed by atoms with Crippen LogP contribution in [0.2, 0.25) is 0 Å². The van der Waals surface area contributed by atoms with Gasteiger partial charge in [-0.2, -0.15) is 0 Å². The largest absolute Gasteiger partial charge is 0.488 e. The van der Waals surface area contributed by atoms with Gasteiger partial charge in [-0.1, -0.05) is 42.5 Å². The fourth-order valence-corrected chi connectivity index (χ4v) is 5.04. The lowest BCUT2D eigenvalue weighted by Gasteiger charge is -2.23. The van der Waals surface area contributed by atoms with E-state index in [2.05, 4.69) is 0 Å². The predicted octanol–water partition coefficient (Wildman–Crippen LogP) is 4.83. The Labute approximate surface area is 178 Å². The van der Waals surface area contributed by atoms with Crippen molar-refractivity contribution in [1.29, 1.82) is 0 Å². The number of nitrogens with zero attached hydrogens (tertiary/aromatic N) is 1. The molecule has 5 nitrogen and oxygen atoms in total. The Morgan fingerprint density at radius 2 is 1.73 bits per heavy atom. The Morgan fingerprint density at radius 3 is 2.53 bits per heavy atom. The van der Waals surface area contributed by atoms with Gasteiger partial charge in [0.15, 0.2) is 0 Å². The molecule has 0 bridgehead atoms. The third kappa shape index (κ3) is 3.48. The molecular formula is C24H21NO4S. The fraction of sp³-hybridized carbons (Fsp3) is 0.250. The van der Waals surface area contributed by atoms with Gasteiger partial charge in [0, 0.05) is 34.7 Å². The Balaban J connectivity index is 1.43. The van der Waals surface area contributed by atoms with E-state index < -0.39 is 12.1 Å². The molecule has 2 aromatic carbocycles. The molecule has 6 heteroatoms. The maximum absolute atomic E-state index is 13.1. The van der Waals surface area contributed by atoms with Crippen LogP contribution in [0, 0.1) is 0 Å². The van der Waals surface area contributed by atoms with Gasteiger partial charge >= 0.3 is 5.97 Å². The maximum atomic E-state index is 13.1. The molecule has 0 saturated carbocycles. The van der Waals surface area contributed by atoms with E-state index in [1.165, 1.54) is 11.3 Å². The third-order valence-electron chi connectivity index (χ3n) is 5.49. The average molecular weight is 420 g/mol. The van der Waals surface area contributed by atoms with Crippen molar-refractivity contribution in [3.8, 4) is 16.2 Å². The zero-order chi connectivity index (χ0) is 20.5. The average Bonchev–Trinajstić information content (AvgIpc) is 3.48. The van der Waals surface area contributed by atoms with Gasteiger partial charge in [-0.05, 0) is 31.0 Å². The van der Waals surface area contributed by atoms with E-state index in [0.29, 0.717) is 30.1 Å². The smallest absolute Gasteiger partial charge is 0.349 e. The van der Waals surface area contributed by atoms with Crippen molar-refractivity contribution in [1.82, 2.24) is 4.90 Å². The Kier molecular flexibility index (Phi) is 5.01. The second-order valence-electron chi connectivity index (χ2n) is 7.48. The van der Waals surface area contributed by atoms with Gasteiger partial charge in [-0.3, -0.25) is 4.79 Å². The molecule has 0 spiro atoms. The van der Waals surface area contributed by atoms with Crippen molar-refractivity contribution >= 4 is 23.2 Å². The number of hydrogen-bond acceptors (Lipinski definition) is 5. The van der Waals surface area contributed by atoms with Crippen LogP contribution < -0.4 is 4.74 Å². The highest BCUT2D eigenvalue weighted by Gasteiger charge is 2.32. The second kappa shape index (κ2) is 7.95. The van der Waals surface area contributed by atoms with Gasteiger partial charge < -0.3 is 14.4 Å². The van der Waals surface area contributed by atoms with Crippen LogP contribution >= 0.6 is 11.3 Å². The number of likely N-dealkylation sites (tertiary alicyclic amines) is 1. The van der Waals surface area contributed by atoms with Crippen molar-refractivity contribution in [2.45, 2.75) is 25.6 Å². The number of carbonyl (C=O) groups is 2. The zero-order valence-corrected chi connectivity index (χ0v) is 17.2. The molecule has 0 unspecified atom stereocenters. The highest BCUT2D eigenvalue weighted by Crippen LogP contribution is 2.42. The molecule has 1 aromatic heterocycles. The molecule has 0 aliphatic carbocycles. The lowest BCUT2D eigenvalue weighted by Crippen LogP contribution is -2.34. The minimum Gasteiger partial charge on any atom is -0.488 e. The van der Waals surface area contributed by atoms with Gasteiger partial charge in [0.2, 0.25) is 6.10 Å². The lowest BCUT2D eigenvalue weighted by atomic mass is 10.1. The summed E-state index contributed by atoms with van der Waals surface area (Å²) in [7, 11) is 0. The first-order valence-electron chi connectivity index (χ1n) is 10.1. The van der Waals surface area contributed by atoms with E-state index in [-0.39, 0.29) is 5.91 Å². The summed E-state index contributed by atoms with van der Waals surface area (Å²) in [6.07, 6.45) is 1.04. The van der Waals surface area contributed by atoms with Crippen LogP contribution in [0.25, 0.3) is 10.4 Å². The van der Waals surface area contributed by atoms with Crippen molar-refractivity contribution in [3.63, 3.8) is 0 Å². The summed E-state index contributed by atoms with van der Waals surface area (Å²) < 4.78 is 11.6. The molecule has 0 radical (unpaired) electrons. The Bertz CT molecular complexity index is 1090. The highest BCUT2D eigenvalue weighted by molar-refractivity contribution is 7.17. The van der Waals surface area contributed by atoms with Gasteiger partial charge in [0.25, 0.3) is 5.91 Å². The van der Waals surface area contributed by atoms with Gasteiger partial charge in [-0.25, -0.2) is 4.79 Å². The first kappa shape index (κ1) is 18.9. The summed E-state index contributed by atoms with van der Waals surface area (Å²) in [6, 6.07) is 18.9. The van der Waals surface area contributed by atoms with Crippen LogP contribution in [0.3, 0.4) is 0 Å². The van der Waals surface area contributed by atoms with Gasteiger partial charge in [0.1, 0.15) is 17.2 Å². The lowest BCUT2D eigenvalue weighted by molar-refractivity contribution is -0.140. The molecule has 2 aliphatic rings. The molecule has 3 aromatic rings. The predicted molar refractivity (Wildman–Crippen MR) is 114 cm³/mol. The first-order chi connectivity index (χ1) is 14.7. The molecule has 5 rings (SSSR count). The number of ether oxygens (including phenoxy) is 2. The number of hydrogen-bond donors (Lipinski definition) is 0. The van der Waals surface area contributed by atoms with Crippen LogP contribution in [0.4, 0.5) is 0 Å². The summed E-state index contributed by atoms with van der Waals surface area (Å²) >= 11 is 1.39. The minimum absolute atomic E-state index is 0.151. The topological polar surface area (TPSA) is 55.8 Å². The van der Waals surface area contributed by atoms with Crippen LogP contribution in [-0.4, -0.2) is 29.9 Å². The number of amides is 1. The molecular weight excluding hydrogens is 398 g/mol. The summed E-state index contributed by atoms with van der Waals surface area (Å²) in [6.45, 7) is 1.84. The quantitative estimate of drug-likeness (QED) is 0.569. The molecule has 152 valence electrons. The molecule has 1 amide bonds. The fourth-order valence-electron chi connectivity index (χ4n) is 3.96. The summed E-state index contributed by atoms with van der Waals surface area (Å²) in [4.78, 5) is 29.4. The molecule has 0 N–H and O–H groups in total. The molecule has 3 heterocycles. The van der Waals surface area contributed by atoms with E-state index in [1.807, 2.05) is 60.7 Å². The SMILES string of the molecule is O=C(O[C@H](C(=O)N1CCCC1)c1ccccc1)c1cc2c(s1)-c1ccccc1OC2. The van der Waals surface area contributed by atoms with Crippen molar-refractivity contribution < 1.29 is 19.1 Å². The summed E-state index contributed by atoms with van der Waals surface area (Å²) in [5.74, 6) is 0.188. The third-order valence-corrected chi connectivity index (χ3v) is 6.68. The van der Waals surface area contributed by atoms with Crippen LogP contribution in [0.15, 0.2) is 60.7 Å². The number of esters is 1. The highest BCUT2D eigenvalue weighted by atomic mass is 32.1. The second-order valence-corrected chi connectivity index (χ2v) is 8.53. The van der Waals surface area contributed by atoms with Gasteiger partial charge in [0.05, 0.1) is 0 Å². The van der Waals surface area contributed by atoms with Crippen LogP contribution in [-0.2, 0) is 16.1 Å². The normalized spacial score (nSPS) is 15.7. The van der Waals surface area contributed by atoms with Crippen molar-refractivity contribution in [2.75, 3.05) is 13.1 Å². The number of fused-ring (bicyclic) bond motifs is 3. The molecule has 1 fully saturated rings. The number of carbonyl (C=O) groups excluding carboxylic acids is 2. The molecule has 1 atom stereocenters. The summed E-state index contributed by atoms with van der Waals surface area (Å²) in [5, 5.41) is 0. The summed E-state index contributed by atoms with van der Waals surface area (Å²) in [5.41, 5.74) is 2.64. The van der Waals surface area contributed by atoms with E-state index in [4.69, 9.17) is 9.47 Å². The monoisotopic (exact) mass is 419 g/mol. The molecule has 2 aliphatic heterocycles. The number of benzene rings is 2. The molecule has 30 heavy (non-hydrogen) atoms. The number of thiophene rings is 1. The van der Waals surface area contributed by atoms with Gasteiger partial charge in [-0.15, -0.1) is 11.3 Å². The van der Waals surface area contributed by atoms with E-state index in [9.17, 15) is 9.59 Å². The number of rotatable bonds is 4. The van der Waals surface area contributed by atoms with E-state index >= 15 is 0 Å². The Morgan fingerprint density at radius 1 is 1.00 bits per heavy atom.